The van der Waals surface area contributed by atoms with Crippen LogP contribution in [-0.2, 0) is 15.6 Å². The van der Waals surface area contributed by atoms with Crippen molar-refractivity contribution < 1.29 is 9.00 Å². The molecule has 1 aromatic carbocycles. The fourth-order valence-electron chi connectivity index (χ4n) is 1.80. The summed E-state index contributed by atoms with van der Waals surface area (Å²) in [5.74, 6) is -0.150. The Balaban J connectivity index is 3.03. The number of carbonyl (C=O) groups is 1. The van der Waals surface area contributed by atoms with Crippen LogP contribution in [0.3, 0.4) is 0 Å². The molecule has 4 nitrogen and oxygen atoms in total. The van der Waals surface area contributed by atoms with Crippen LogP contribution in [0.25, 0.3) is 0 Å². The van der Waals surface area contributed by atoms with Crippen molar-refractivity contribution in [2.75, 3.05) is 18.8 Å². The van der Waals surface area contributed by atoms with E-state index in [0.717, 1.165) is 0 Å². The van der Waals surface area contributed by atoms with Crippen molar-refractivity contribution in [2.24, 2.45) is 0 Å². The maximum atomic E-state index is 12.5. The van der Waals surface area contributed by atoms with E-state index >= 15 is 0 Å². The van der Waals surface area contributed by atoms with Crippen molar-refractivity contribution >= 4 is 34.0 Å². The van der Waals surface area contributed by atoms with E-state index in [1.807, 2.05) is 13.8 Å². The van der Waals surface area contributed by atoms with E-state index in [0.29, 0.717) is 28.7 Å². The predicted molar refractivity (Wildman–Crippen MR) is 79.7 cm³/mol. The quantitative estimate of drug-likeness (QED) is 0.849. The number of hydrogen-bond acceptors (Lipinski definition) is 3. The first-order valence-corrected chi connectivity index (χ1v) is 7.76. The predicted octanol–water partition coefficient (Wildman–Crippen LogP) is 2.29. The third kappa shape index (κ3) is 3.48. The van der Waals surface area contributed by atoms with Crippen LogP contribution in [0.15, 0.2) is 23.1 Å². The van der Waals surface area contributed by atoms with Crippen molar-refractivity contribution in [1.82, 2.24) is 4.90 Å². The van der Waals surface area contributed by atoms with Gasteiger partial charge in [-0.1, -0.05) is 17.7 Å². The molecule has 0 saturated heterocycles. The lowest BCUT2D eigenvalue weighted by Crippen LogP contribution is -2.39. The molecule has 0 radical (unpaired) electrons. The van der Waals surface area contributed by atoms with Gasteiger partial charge in [-0.2, -0.15) is 0 Å². The Bertz CT molecular complexity index is 469. The standard InChI is InChI=1S/C13H19ClN2O2S/c1-4-16(5-2)13(17)9(3)19(18)12-10(14)7-6-8-11(12)15/h6-9H,4-5,15H2,1-3H3. The molecule has 0 aliphatic carbocycles. The molecule has 0 saturated carbocycles. The van der Waals surface area contributed by atoms with Gasteiger partial charge in [-0.3, -0.25) is 9.00 Å². The summed E-state index contributed by atoms with van der Waals surface area (Å²) in [6.45, 7) is 6.60. The number of nitrogens with two attached hydrogens (primary N) is 1. The van der Waals surface area contributed by atoms with Gasteiger partial charge in [0.25, 0.3) is 0 Å². The van der Waals surface area contributed by atoms with Gasteiger partial charge in [-0.25, -0.2) is 0 Å². The minimum absolute atomic E-state index is 0.150. The zero-order valence-electron chi connectivity index (χ0n) is 11.4. The van der Waals surface area contributed by atoms with Crippen molar-refractivity contribution in [3.63, 3.8) is 0 Å². The Hall–Kier alpha value is -1.07. The van der Waals surface area contributed by atoms with Crippen molar-refractivity contribution in [2.45, 2.75) is 30.9 Å². The van der Waals surface area contributed by atoms with E-state index in [2.05, 4.69) is 0 Å². The lowest BCUT2D eigenvalue weighted by molar-refractivity contribution is -0.129. The van der Waals surface area contributed by atoms with E-state index in [4.69, 9.17) is 17.3 Å². The minimum atomic E-state index is -1.55. The van der Waals surface area contributed by atoms with Crippen LogP contribution in [0, 0.1) is 0 Å². The highest BCUT2D eigenvalue weighted by atomic mass is 35.5. The number of nitrogen functional groups attached to an aromatic ring is 1. The number of hydrogen-bond donors (Lipinski definition) is 1. The van der Waals surface area contributed by atoms with Gasteiger partial charge in [0.2, 0.25) is 5.91 Å². The molecule has 0 aromatic heterocycles. The summed E-state index contributed by atoms with van der Waals surface area (Å²) in [5, 5.41) is -0.334. The number of anilines is 1. The van der Waals surface area contributed by atoms with E-state index in [1.54, 1.807) is 30.0 Å². The normalized spacial score (nSPS) is 13.9. The first-order chi connectivity index (χ1) is 8.93. The van der Waals surface area contributed by atoms with Gasteiger partial charge in [-0.05, 0) is 32.9 Å². The molecule has 6 heteroatoms. The molecule has 2 atom stereocenters. The smallest absolute Gasteiger partial charge is 0.238 e. The fourth-order valence-corrected chi connectivity index (χ4v) is 3.45. The summed E-state index contributed by atoms with van der Waals surface area (Å²) in [4.78, 5) is 14.2. The Morgan fingerprint density at radius 1 is 1.42 bits per heavy atom. The lowest BCUT2D eigenvalue weighted by atomic mass is 10.3. The number of rotatable bonds is 5. The second-order valence-corrected chi connectivity index (χ2v) is 6.23. The summed E-state index contributed by atoms with van der Waals surface area (Å²) in [7, 11) is -1.55. The monoisotopic (exact) mass is 302 g/mol. The number of benzene rings is 1. The highest BCUT2D eigenvalue weighted by Gasteiger charge is 2.27. The van der Waals surface area contributed by atoms with Crippen LogP contribution in [-0.4, -0.2) is 33.4 Å². The van der Waals surface area contributed by atoms with Gasteiger partial charge in [0, 0.05) is 18.8 Å². The van der Waals surface area contributed by atoms with Crippen LogP contribution >= 0.6 is 11.6 Å². The lowest BCUT2D eigenvalue weighted by Gasteiger charge is -2.23. The minimum Gasteiger partial charge on any atom is -0.398 e. The Labute approximate surface area is 121 Å². The van der Waals surface area contributed by atoms with Gasteiger partial charge in [0.15, 0.2) is 0 Å². The summed E-state index contributed by atoms with van der Waals surface area (Å²) in [6, 6.07) is 4.95. The SMILES string of the molecule is CCN(CC)C(=O)C(C)S(=O)c1c(N)cccc1Cl. The highest BCUT2D eigenvalue weighted by Crippen LogP contribution is 2.28. The van der Waals surface area contributed by atoms with Gasteiger partial charge in [0.05, 0.1) is 20.7 Å². The third-order valence-electron chi connectivity index (χ3n) is 2.94. The van der Waals surface area contributed by atoms with Crippen LogP contribution < -0.4 is 5.73 Å². The Kier molecular flexibility index (Phi) is 5.82. The number of carbonyl (C=O) groups excluding carboxylic acids is 1. The molecule has 0 bridgehead atoms. The first kappa shape index (κ1) is 16.0. The summed E-state index contributed by atoms with van der Waals surface area (Å²) in [5.41, 5.74) is 6.15. The molecule has 0 heterocycles. The van der Waals surface area contributed by atoms with E-state index < -0.39 is 16.0 Å². The van der Waals surface area contributed by atoms with Crippen molar-refractivity contribution in [3.8, 4) is 0 Å². The summed E-state index contributed by atoms with van der Waals surface area (Å²) in [6.07, 6.45) is 0. The topological polar surface area (TPSA) is 63.4 Å². The molecule has 2 N–H and O–H groups in total. The van der Waals surface area contributed by atoms with E-state index in [-0.39, 0.29) is 5.91 Å². The second kappa shape index (κ2) is 6.91. The zero-order chi connectivity index (χ0) is 14.6. The molecule has 0 aliphatic heterocycles. The molecule has 0 aliphatic rings. The van der Waals surface area contributed by atoms with E-state index in [9.17, 15) is 9.00 Å². The van der Waals surface area contributed by atoms with Crippen LogP contribution in [0.1, 0.15) is 20.8 Å². The number of nitrogens with zero attached hydrogens (tertiary/aromatic N) is 1. The zero-order valence-corrected chi connectivity index (χ0v) is 12.9. The third-order valence-corrected chi connectivity index (χ3v) is 5.07. The van der Waals surface area contributed by atoms with Crippen LogP contribution in [0.4, 0.5) is 5.69 Å². The van der Waals surface area contributed by atoms with Crippen LogP contribution in [0.2, 0.25) is 5.02 Å². The summed E-state index contributed by atoms with van der Waals surface area (Å²) >= 11 is 6.02. The fraction of sp³-hybridized carbons (Fsp3) is 0.462. The second-order valence-electron chi connectivity index (χ2n) is 4.11. The van der Waals surface area contributed by atoms with E-state index in [1.165, 1.54) is 0 Å². The molecule has 1 aromatic rings. The molecule has 106 valence electrons. The summed E-state index contributed by atoms with van der Waals surface area (Å²) < 4.78 is 12.5. The average molecular weight is 303 g/mol. The van der Waals surface area contributed by atoms with Crippen molar-refractivity contribution in [3.05, 3.63) is 23.2 Å². The average Bonchev–Trinajstić information content (AvgIpc) is 2.38. The first-order valence-electron chi connectivity index (χ1n) is 6.17. The molecule has 1 rings (SSSR count). The Morgan fingerprint density at radius 3 is 2.47 bits per heavy atom. The van der Waals surface area contributed by atoms with Crippen molar-refractivity contribution in [1.29, 1.82) is 0 Å². The maximum absolute atomic E-state index is 12.5. The van der Waals surface area contributed by atoms with Crippen LogP contribution in [0.5, 0.6) is 0 Å². The maximum Gasteiger partial charge on any atom is 0.238 e. The highest BCUT2D eigenvalue weighted by molar-refractivity contribution is 7.86. The molecule has 1 amide bonds. The molecule has 19 heavy (non-hydrogen) atoms. The largest absolute Gasteiger partial charge is 0.398 e. The molecular weight excluding hydrogens is 284 g/mol. The number of amides is 1. The Morgan fingerprint density at radius 2 is 2.00 bits per heavy atom. The molecule has 0 fully saturated rings. The molecule has 0 spiro atoms. The van der Waals surface area contributed by atoms with Gasteiger partial charge in [-0.15, -0.1) is 0 Å². The van der Waals surface area contributed by atoms with Gasteiger partial charge < -0.3 is 10.6 Å². The molecule has 2 unspecified atom stereocenters. The van der Waals surface area contributed by atoms with Gasteiger partial charge >= 0.3 is 0 Å². The van der Waals surface area contributed by atoms with Gasteiger partial charge in [0.1, 0.15) is 5.25 Å². The number of halogens is 1. The molecular formula is C13H19ClN2O2S.